The number of hydrogen-bond donors (Lipinski definition) is 1. The van der Waals surface area contributed by atoms with Gasteiger partial charge in [-0.3, -0.25) is 0 Å². The van der Waals surface area contributed by atoms with E-state index in [1.54, 1.807) is 5.57 Å². The third-order valence-corrected chi connectivity index (χ3v) is 4.38. The molecule has 0 bridgehead atoms. The Bertz CT molecular complexity index is 433. The molecule has 0 radical (unpaired) electrons. The lowest BCUT2D eigenvalue weighted by Crippen LogP contribution is -2.32. The van der Waals surface area contributed by atoms with E-state index in [1.165, 1.54) is 56.1 Å². The molecule has 1 aromatic rings. The number of allylic oxidation sites excluding steroid dienone is 1. The Morgan fingerprint density at radius 1 is 1.20 bits per heavy atom. The van der Waals surface area contributed by atoms with Crippen molar-refractivity contribution in [1.29, 1.82) is 0 Å². The molecule has 1 heteroatoms. The smallest absolute Gasteiger partial charge is 0.0282 e. The molecular weight excluding hydrogens is 242 g/mol. The Hall–Kier alpha value is -1.08. The predicted octanol–water partition coefficient (Wildman–Crippen LogP) is 4.80. The van der Waals surface area contributed by atoms with Crippen LogP contribution in [0.2, 0.25) is 0 Å². The fourth-order valence-electron chi connectivity index (χ4n) is 3.11. The normalized spacial score (nSPS) is 16.8. The van der Waals surface area contributed by atoms with E-state index < -0.39 is 0 Å². The molecule has 0 heterocycles. The van der Waals surface area contributed by atoms with Crippen molar-refractivity contribution in [3.05, 3.63) is 47.0 Å². The van der Waals surface area contributed by atoms with Crippen molar-refractivity contribution in [2.75, 3.05) is 6.54 Å². The molecule has 2 rings (SSSR count). The highest BCUT2D eigenvalue weighted by Crippen LogP contribution is 2.23. The second-order valence-electron chi connectivity index (χ2n) is 6.00. The third kappa shape index (κ3) is 4.49. The highest BCUT2D eigenvalue weighted by atomic mass is 14.9. The van der Waals surface area contributed by atoms with Crippen LogP contribution < -0.4 is 5.32 Å². The van der Waals surface area contributed by atoms with E-state index >= 15 is 0 Å². The van der Waals surface area contributed by atoms with Gasteiger partial charge in [0.05, 0.1) is 0 Å². The molecule has 0 saturated heterocycles. The lowest BCUT2D eigenvalue weighted by molar-refractivity contribution is 0.501. The van der Waals surface area contributed by atoms with Crippen LogP contribution in [0.25, 0.3) is 0 Å². The van der Waals surface area contributed by atoms with E-state index in [1.807, 2.05) is 0 Å². The molecule has 0 aromatic heterocycles. The molecular formula is C19H29N. The highest BCUT2D eigenvalue weighted by Gasteiger charge is 2.15. The highest BCUT2D eigenvalue weighted by molar-refractivity contribution is 5.26. The van der Waals surface area contributed by atoms with Crippen molar-refractivity contribution in [3.8, 4) is 0 Å². The van der Waals surface area contributed by atoms with Gasteiger partial charge in [-0.05, 0) is 69.5 Å². The third-order valence-electron chi connectivity index (χ3n) is 4.38. The van der Waals surface area contributed by atoms with Crippen LogP contribution >= 0.6 is 0 Å². The van der Waals surface area contributed by atoms with Crippen LogP contribution in [0.3, 0.4) is 0 Å². The molecule has 1 atom stereocenters. The average molecular weight is 271 g/mol. The van der Waals surface area contributed by atoms with Crippen molar-refractivity contribution >= 4 is 0 Å². The molecule has 110 valence electrons. The van der Waals surface area contributed by atoms with Gasteiger partial charge in [0, 0.05) is 6.04 Å². The Morgan fingerprint density at radius 3 is 2.75 bits per heavy atom. The monoisotopic (exact) mass is 271 g/mol. The maximum absolute atomic E-state index is 3.76. The zero-order valence-electron chi connectivity index (χ0n) is 13.1. The quantitative estimate of drug-likeness (QED) is 0.703. The summed E-state index contributed by atoms with van der Waals surface area (Å²) < 4.78 is 0. The van der Waals surface area contributed by atoms with Gasteiger partial charge in [-0.1, -0.05) is 42.8 Å². The summed E-state index contributed by atoms with van der Waals surface area (Å²) in [5, 5.41) is 3.76. The summed E-state index contributed by atoms with van der Waals surface area (Å²) in [7, 11) is 0. The van der Waals surface area contributed by atoms with Crippen LogP contribution in [-0.4, -0.2) is 12.6 Å². The summed E-state index contributed by atoms with van der Waals surface area (Å²) in [6, 6.07) is 9.40. The van der Waals surface area contributed by atoms with E-state index in [4.69, 9.17) is 0 Å². The Kier molecular flexibility index (Phi) is 6.32. The van der Waals surface area contributed by atoms with Crippen LogP contribution in [0.4, 0.5) is 0 Å². The van der Waals surface area contributed by atoms with E-state index in [2.05, 4.69) is 49.5 Å². The first-order chi connectivity index (χ1) is 9.81. The molecule has 20 heavy (non-hydrogen) atoms. The maximum Gasteiger partial charge on any atom is 0.0282 e. The fourth-order valence-corrected chi connectivity index (χ4v) is 3.11. The summed E-state index contributed by atoms with van der Waals surface area (Å²) >= 11 is 0. The summed E-state index contributed by atoms with van der Waals surface area (Å²) in [6.45, 7) is 5.61. The Morgan fingerprint density at radius 2 is 2.05 bits per heavy atom. The average Bonchev–Trinajstić information content (AvgIpc) is 2.50. The van der Waals surface area contributed by atoms with Crippen molar-refractivity contribution in [2.24, 2.45) is 0 Å². The van der Waals surface area contributed by atoms with Gasteiger partial charge in [0.15, 0.2) is 0 Å². The van der Waals surface area contributed by atoms with Gasteiger partial charge < -0.3 is 5.32 Å². The minimum absolute atomic E-state index is 0.592. The zero-order chi connectivity index (χ0) is 14.2. The Labute approximate surface area is 124 Å². The van der Waals surface area contributed by atoms with Gasteiger partial charge >= 0.3 is 0 Å². The van der Waals surface area contributed by atoms with Gasteiger partial charge in [-0.15, -0.1) is 0 Å². The number of benzene rings is 1. The predicted molar refractivity (Wildman–Crippen MR) is 88.1 cm³/mol. The molecule has 0 fully saturated rings. The van der Waals surface area contributed by atoms with Gasteiger partial charge in [0.1, 0.15) is 0 Å². The van der Waals surface area contributed by atoms with E-state index in [-0.39, 0.29) is 0 Å². The molecule has 1 aliphatic rings. The van der Waals surface area contributed by atoms with Crippen LogP contribution in [-0.2, 0) is 6.42 Å². The van der Waals surface area contributed by atoms with Crippen molar-refractivity contribution in [3.63, 3.8) is 0 Å². The van der Waals surface area contributed by atoms with E-state index in [0.717, 1.165) is 6.54 Å². The first-order valence-electron chi connectivity index (χ1n) is 8.28. The second kappa shape index (κ2) is 8.26. The minimum atomic E-state index is 0.592. The minimum Gasteiger partial charge on any atom is -0.310 e. The summed E-state index contributed by atoms with van der Waals surface area (Å²) in [5.74, 6) is 0. The zero-order valence-corrected chi connectivity index (χ0v) is 13.1. The lowest BCUT2D eigenvalue weighted by Gasteiger charge is -2.25. The van der Waals surface area contributed by atoms with Crippen LogP contribution in [0.5, 0.6) is 0 Å². The van der Waals surface area contributed by atoms with Gasteiger partial charge in [-0.25, -0.2) is 0 Å². The largest absolute Gasteiger partial charge is 0.310 e. The molecule has 0 spiro atoms. The number of rotatable bonds is 7. The lowest BCUT2D eigenvalue weighted by atomic mass is 9.90. The van der Waals surface area contributed by atoms with Crippen LogP contribution in [0, 0.1) is 6.92 Å². The molecule has 1 nitrogen and oxygen atoms in total. The summed E-state index contributed by atoms with van der Waals surface area (Å²) in [5.41, 5.74) is 4.60. The standard InChI is InChI=1S/C19H29N/c1-3-15-20-19(18-11-5-4-6-12-18)14-13-17-10-8-7-9-16(17)2/h7-11,19-20H,3-6,12-15H2,1-2H3. The van der Waals surface area contributed by atoms with Crippen LogP contribution in [0.1, 0.15) is 56.6 Å². The van der Waals surface area contributed by atoms with E-state index in [9.17, 15) is 0 Å². The SMILES string of the molecule is CCCNC(CCc1ccccc1C)C1=CCCCC1. The molecule has 1 aromatic carbocycles. The van der Waals surface area contributed by atoms with Gasteiger partial charge in [0.2, 0.25) is 0 Å². The van der Waals surface area contributed by atoms with Gasteiger partial charge in [0.25, 0.3) is 0 Å². The maximum atomic E-state index is 3.76. The summed E-state index contributed by atoms with van der Waals surface area (Å²) in [4.78, 5) is 0. The molecule has 1 N–H and O–H groups in total. The molecule has 1 unspecified atom stereocenters. The Balaban J connectivity index is 1.96. The molecule has 0 aliphatic heterocycles. The second-order valence-corrected chi connectivity index (χ2v) is 6.00. The number of hydrogen-bond acceptors (Lipinski definition) is 1. The first-order valence-corrected chi connectivity index (χ1v) is 8.28. The van der Waals surface area contributed by atoms with Crippen LogP contribution in [0.15, 0.2) is 35.9 Å². The fraction of sp³-hybridized carbons (Fsp3) is 0.579. The number of nitrogens with one attached hydrogen (secondary N) is 1. The van der Waals surface area contributed by atoms with Crippen molar-refractivity contribution < 1.29 is 0 Å². The summed E-state index contributed by atoms with van der Waals surface area (Å²) in [6.07, 6.45) is 11.5. The molecule has 0 saturated carbocycles. The first kappa shape index (κ1) is 15.3. The van der Waals surface area contributed by atoms with E-state index in [0.29, 0.717) is 6.04 Å². The number of aryl methyl sites for hydroxylation is 2. The van der Waals surface area contributed by atoms with Crippen molar-refractivity contribution in [2.45, 2.75) is 64.8 Å². The van der Waals surface area contributed by atoms with Gasteiger partial charge in [-0.2, -0.15) is 0 Å². The van der Waals surface area contributed by atoms with Crippen molar-refractivity contribution in [1.82, 2.24) is 5.32 Å². The molecule has 0 amide bonds. The topological polar surface area (TPSA) is 12.0 Å². The molecule has 1 aliphatic carbocycles.